The van der Waals surface area contributed by atoms with Gasteiger partial charge in [0.1, 0.15) is 11.6 Å². The van der Waals surface area contributed by atoms with Gasteiger partial charge in [0.2, 0.25) is 15.9 Å². The summed E-state index contributed by atoms with van der Waals surface area (Å²) in [5.74, 6) is 0.114. The number of hydrogen-bond donors (Lipinski definition) is 1. The first-order valence-electron chi connectivity index (χ1n) is 13.8. The lowest BCUT2D eigenvalue weighted by Gasteiger charge is -2.26. The number of benzene rings is 3. The third kappa shape index (κ3) is 6.28. The van der Waals surface area contributed by atoms with Crippen molar-refractivity contribution in [1.29, 1.82) is 0 Å². The van der Waals surface area contributed by atoms with E-state index in [1.165, 1.54) is 24.3 Å². The van der Waals surface area contributed by atoms with Gasteiger partial charge < -0.3 is 9.47 Å². The van der Waals surface area contributed by atoms with Crippen LogP contribution < -0.4 is 9.62 Å². The highest BCUT2D eigenvalue weighted by Gasteiger charge is 2.39. The van der Waals surface area contributed by atoms with Gasteiger partial charge in [-0.05, 0) is 76.9 Å². The molecule has 220 valence electrons. The molecule has 1 heterocycles. The number of sulfonamides is 1. The van der Waals surface area contributed by atoms with Crippen LogP contribution in [0.15, 0.2) is 84.0 Å². The molecule has 4 aromatic rings. The molecule has 7 nitrogen and oxygen atoms in total. The van der Waals surface area contributed by atoms with E-state index in [0.29, 0.717) is 23.0 Å². The van der Waals surface area contributed by atoms with Gasteiger partial charge in [0.15, 0.2) is 0 Å². The number of aromatic nitrogens is 2. The second-order valence-corrected chi connectivity index (χ2v) is 13.7. The van der Waals surface area contributed by atoms with Crippen LogP contribution in [0.5, 0.6) is 0 Å². The molecule has 0 radical (unpaired) electrons. The Bertz CT molecular complexity index is 1720. The first-order chi connectivity index (χ1) is 19.8. The molecule has 1 aromatic heterocycles. The number of anilines is 1. The minimum atomic E-state index is -3.86. The summed E-state index contributed by atoms with van der Waals surface area (Å²) in [5, 5.41) is 0.339. The van der Waals surface area contributed by atoms with Gasteiger partial charge in [0.25, 0.3) is 0 Å². The maximum atomic E-state index is 13.9. The van der Waals surface area contributed by atoms with Crippen molar-refractivity contribution in [1.82, 2.24) is 14.3 Å². The molecule has 3 aromatic carbocycles. The Kier molecular flexibility index (Phi) is 8.29. The average molecular weight is 609 g/mol. The van der Waals surface area contributed by atoms with Crippen molar-refractivity contribution in [2.45, 2.75) is 62.4 Å². The van der Waals surface area contributed by atoms with E-state index in [0.717, 1.165) is 16.7 Å². The van der Waals surface area contributed by atoms with Crippen molar-refractivity contribution in [3.8, 4) is 0 Å². The normalized spacial score (nSPS) is 16.7. The Labute approximate surface area is 251 Å². The summed E-state index contributed by atoms with van der Waals surface area (Å²) < 4.78 is 44.9. The van der Waals surface area contributed by atoms with Gasteiger partial charge in [0.05, 0.1) is 11.4 Å². The van der Waals surface area contributed by atoms with Crippen LogP contribution in [0, 0.1) is 5.82 Å². The number of imidazole rings is 1. The number of fused-ring (bicyclic) bond motifs is 1. The molecular formula is C32H34ClFN4O3S. The molecule has 1 aliphatic carbocycles. The molecule has 0 fully saturated rings. The molecular weight excluding hydrogens is 575 g/mol. The molecule has 0 saturated heterocycles. The summed E-state index contributed by atoms with van der Waals surface area (Å²) in [6, 6.07) is 17.7. The number of hydrogen-bond acceptors (Lipinski definition) is 4. The molecule has 0 bridgehead atoms. The summed E-state index contributed by atoms with van der Waals surface area (Å²) in [5.41, 5.74) is 3.08. The predicted molar refractivity (Wildman–Crippen MR) is 162 cm³/mol. The highest BCUT2D eigenvalue weighted by molar-refractivity contribution is 7.89. The van der Waals surface area contributed by atoms with Gasteiger partial charge in [-0.25, -0.2) is 22.5 Å². The largest absolute Gasteiger partial charge is 0.337 e. The lowest BCUT2D eigenvalue weighted by molar-refractivity contribution is -0.119. The molecule has 0 aliphatic heterocycles. The fourth-order valence-electron chi connectivity index (χ4n) is 5.64. The first-order valence-corrected chi connectivity index (χ1v) is 15.6. The summed E-state index contributed by atoms with van der Waals surface area (Å²) in [7, 11) is -1.99. The molecule has 0 unspecified atom stereocenters. The fraction of sp³-hybridized carbons (Fsp3) is 0.312. The molecule has 10 heteroatoms. The standard InChI is InChI=1S/C32H34ClFN4O3S/c1-21(22-8-10-24(34)11-9-22)16-31(39)38(20-30-35-14-15-37(30)4)25-12-13-28-27(18-25)29(19-32(28,2)3)36-42(40,41)26-7-5-6-23(33)17-26/h5-15,17-18,21,29,36H,16,19-20H2,1-4H3/t21-,29+/m1/s1. The van der Waals surface area contributed by atoms with E-state index in [9.17, 15) is 17.6 Å². The lowest BCUT2D eigenvalue weighted by Crippen LogP contribution is -2.32. The Morgan fingerprint density at radius 2 is 1.90 bits per heavy atom. The van der Waals surface area contributed by atoms with Crippen LogP contribution in [0.3, 0.4) is 0 Å². The molecule has 1 aliphatic rings. The predicted octanol–water partition coefficient (Wildman–Crippen LogP) is 6.64. The van der Waals surface area contributed by atoms with Crippen molar-refractivity contribution in [2.75, 3.05) is 4.90 Å². The number of nitrogens with one attached hydrogen (secondary N) is 1. The number of carbonyl (C=O) groups excluding carboxylic acids is 1. The van der Waals surface area contributed by atoms with E-state index >= 15 is 0 Å². The third-order valence-electron chi connectivity index (χ3n) is 8.01. The maximum absolute atomic E-state index is 13.9. The number of rotatable bonds is 9. The number of carbonyl (C=O) groups is 1. The molecule has 0 saturated carbocycles. The maximum Gasteiger partial charge on any atom is 0.241 e. The zero-order chi connectivity index (χ0) is 30.2. The summed E-state index contributed by atoms with van der Waals surface area (Å²) in [4.78, 5) is 20.1. The van der Waals surface area contributed by atoms with Crippen LogP contribution in [0.4, 0.5) is 10.1 Å². The van der Waals surface area contributed by atoms with Crippen molar-refractivity contribution < 1.29 is 17.6 Å². The highest BCUT2D eigenvalue weighted by atomic mass is 35.5. The zero-order valence-corrected chi connectivity index (χ0v) is 25.6. The molecule has 5 rings (SSSR count). The number of amides is 1. The molecule has 42 heavy (non-hydrogen) atoms. The third-order valence-corrected chi connectivity index (χ3v) is 9.72. The van der Waals surface area contributed by atoms with Gasteiger partial charge in [-0.15, -0.1) is 0 Å². The summed E-state index contributed by atoms with van der Waals surface area (Å²) in [6.07, 6.45) is 4.26. The van der Waals surface area contributed by atoms with Gasteiger partial charge in [-0.3, -0.25) is 4.79 Å². The summed E-state index contributed by atoms with van der Waals surface area (Å²) >= 11 is 6.08. The van der Waals surface area contributed by atoms with E-state index in [1.54, 1.807) is 35.4 Å². The van der Waals surface area contributed by atoms with E-state index < -0.39 is 16.1 Å². The van der Waals surface area contributed by atoms with E-state index in [1.807, 2.05) is 42.9 Å². The van der Waals surface area contributed by atoms with Gasteiger partial charge >= 0.3 is 0 Å². The van der Waals surface area contributed by atoms with Crippen LogP contribution in [0.25, 0.3) is 0 Å². The second kappa shape index (κ2) is 11.6. The number of aryl methyl sites for hydroxylation is 1. The zero-order valence-electron chi connectivity index (χ0n) is 24.0. The monoisotopic (exact) mass is 608 g/mol. The lowest BCUT2D eigenvalue weighted by atomic mass is 9.86. The van der Waals surface area contributed by atoms with Crippen molar-refractivity contribution in [3.05, 3.63) is 112 Å². The fourth-order valence-corrected chi connectivity index (χ4v) is 7.16. The van der Waals surface area contributed by atoms with Crippen LogP contribution in [-0.2, 0) is 33.8 Å². The Balaban J connectivity index is 1.49. The smallest absolute Gasteiger partial charge is 0.241 e. The number of halogens is 2. The Morgan fingerprint density at radius 1 is 1.17 bits per heavy atom. The Morgan fingerprint density at radius 3 is 2.57 bits per heavy atom. The van der Waals surface area contributed by atoms with Crippen LogP contribution in [0.1, 0.15) is 68.1 Å². The number of nitrogens with zero attached hydrogens (tertiary/aromatic N) is 3. The Hall–Kier alpha value is -3.53. The van der Waals surface area contributed by atoms with Crippen molar-refractivity contribution in [3.63, 3.8) is 0 Å². The van der Waals surface area contributed by atoms with Gasteiger partial charge in [0, 0.05) is 42.6 Å². The average Bonchev–Trinajstić information content (AvgIpc) is 3.45. The van der Waals surface area contributed by atoms with E-state index in [4.69, 9.17) is 11.6 Å². The minimum absolute atomic E-state index is 0.0961. The SMILES string of the molecule is C[C@H](CC(=O)N(Cc1nccn1C)c1ccc2c(c1)[C@@H](NS(=O)(=O)c1cccc(Cl)c1)CC2(C)C)c1ccc(F)cc1. The quantitative estimate of drug-likeness (QED) is 0.231. The van der Waals surface area contributed by atoms with Crippen LogP contribution >= 0.6 is 11.6 Å². The highest BCUT2D eigenvalue weighted by Crippen LogP contribution is 2.46. The van der Waals surface area contributed by atoms with E-state index in [-0.39, 0.29) is 40.9 Å². The first kappa shape index (κ1) is 29.9. The second-order valence-electron chi connectivity index (χ2n) is 11.6. The van der Waals surface area contributed by atoms with Crippen LogP contribution in [-0.4, -0.2) is 23.9 Å². The topological polar surface area (TPSA) is 84.3 Å². The van der Waals surface area contributed by atoms with E-state index in [2.05, 4.69) is 23.6 Å². The molecule has 1 N–H and O–H groups in total. The molecule has 0 spiro atoms. The van der Waals surface area contributed by atoms with Crippen molar-refractivity contribution >= 4 is 33.2 Å². The van der Waals surface area contributed by atoms with Gasteiger partial charge in [-0.2, -0.15) is 0 Å². The molecule has 1 amide bonds. The van der Waals surface area contributed by atoms with Crippen LogP contribution in [0.2, 0.25) is 5.02 Å². The summed E-state index contributed by atoms with van der Waals surface area (Å²) in [6.45, 7) is 6.34. The van der Waals surface area contributed by atoms with Crippen molar-refractivity contribution in [2.24, 2.45) is 7.05 Å². The molecule has 2 atom stereocenters. The van der Waals surface area contributed by atoms with Gasteiger partial charge in [-0.1, -0.05) is 56.6 Å². The minimum Gasteiger partial charge on any atom is -0.337 e.